The lowest BCUT2D eigenvalue weighted by atomic mass is 10.1. The zero-order valence-electron chi connectivity index (χ0n) is 13.7. The highest BCUT2D eigenvalue weighted by atomic mass is 35.5. The van der Waals surface area contributed by atoms with Crippen molar-refractivity contribution in [3.8, 4) is 0 Å². The van der Waals surface area contributed by atoms with Gasteiger partial charge in [0.05, 0.1) is 0 Å². The number of likely N-dealkylation sites (N-methyl/N-ethyl adjacent to an activating group) is 1. The van der Waals surface area contributed by atoms with Gasteiger partial charge in [-0.2, -0.15) is 0 Å². The Morgan fingerprint density at radius 2 is 1.88 bits per heavy atom. The summed E-state index contributed by atoms with van der Waals surface area (Å²) >= 11 is 6.10. The van der Waals surface area contributed by atoms with E-state index in [1.54, 1.807) is 24.5 Å². The van der Waals surface area contributed by atoms with E-state index in [4.69, 9.17) is 11.6 Å². The fourth-order valence-electron chi connectivity index (χ4n) is 2.27. The summed E-state index contributed by atoms with van der Waals surface area (Å²) < 4.78 is 0. The minimum absolute atomic E-state index is 0.137. The summed E-state index contributed by atoms with van der Waals surface area (Å²) in [5, 5.41) is 7.72. The van der Waals surface area contributed by atoms with Gasteiger partial charge in [-0.1, -0.05) is 48.0 Å². The smallest absolute Gasteiger partial charge is 0.287 e. The highest BCUT2D eigenvalue weighted by Gasteiger charge is 2.25. The molecule has 0 aliphatic carbocycles. The fraction of sp³-hybridized carbons (Fsp3) is 0.222. The van der Waals surface area contributed by atoms with Crippen LogP contribution in [0.25, 0.3) is 0 Å². The molecule has 0 aliphatic rings. The Kier molecular flexibility index (Phi) is 6.35. The number of quaternary nitrogens is 1. The number of hydrogen-bond donors (Lipinski definition) is 3. The van der Waals surface area contributed by atoms with Crippen LogP contribution in [0, 0.1) is 6.92 Å². The van der Waals surface area contributed by atoms with Crippen LogP contribution in [0.15, 0.2) is 48.5 Å². The maximum Gasteiger partial charge on any atom is 0.287 e. The number of hydrogen-bond acceptors (Lipinski definition) is 2. The van der Waals surface area contributed by atoms with Crippen LogP contribution in [0.5, 0.6) is 0 Å². The number of halogens is 1. The molecule has 5 nitrogen and oxygen atoms in total. The Morgan fingerprint density at radius 3 is 2.50 bits per heavy atom. The van der Waals surface area contributed by atoms with Crippen molar-refractivity contribution in [3.05, 3.63) is 64.7 Å². The maximum atomic E-state index is 12.7. The summed E-state index contributed by atoms with van der Waals surface area (Å²) in [7, 11) is 1.57. The molecule has 0 heterocycles. The van der Waals surface area contributed by atoms with Crippen molar-refractivity contribution < 1.29 is 14.9 Å². The Hall–Kier alpha value is -2.37. The summed E-state index contributed by atoms with van der Waals surface area (Å²) in [5.74, 6) is -0.341. The third-order valence-electron chi connectivity index (χ3n) is 3.70. The molecule has 2 rings (SSSR count). The van der Waals surface area contributed by atoms with E-state index in [0.717, 1.165) is 11.1 Å². The van der Waals surface area contributed by atoms with Crippen LogP contribution in [0.4, 0.5) is 5.69 Å². The van der Waals surface area contributed by atoms with Gasteiger partial charge >= 0.3 is 0 Å². The fourth-order valence-corrected chi connectivity index (χ4v) is 2.45. The second kappa shape index (κ2) is 8.47. The molecule has 0 aliphatic heterocycles. The molecule has 1 atom stereocenters. The van der Waals surface area contributed by atoms with Gasteiger partial charge in [-0.25, -0.2) is 0 Å². The molecule has 2 aromatic carbocycles. The predicted molar refractivity (Wildman–Crippen MR) is 94.9 cm³/mol. The van der Waals surface area contributed by atoms with Gasteiger partial charge in [0, 0.05) is 23.3 Å². The Bertz CT molecular complexity index is 719. The normalized spacial score (nSPS) is 11.6. The van der Waals surface area contributed by atoms with Crippen molar-refractivity contribution in [2.75, 3.05) is 18.9 Å². The van der Waals surface area contributed by atoms with E-state index < -0.39 is 6.04 Å². The van der Waals surface area contributed by atoms with E-state index in [9.17, 15) is 9.59 Å². The number of amides is 2. The van der Waals surface area contributed by atoms with Gasteiger partial charge in [0.25, 0.3) is 11.8 Å². The van der Waals surface area contributed by atoms with Gasteiger partial charge in [0.1, 0.15) is 0 Å². The number of carbonyl (C=O) groups excluding carboxylic acids is 2. The molecule has 0 unspecified atom stereocenters. The molecule has 6 heteroatoms. The third kappa shape index (κ3) is 4.81. The van der Waals surface area contributed by atoms with Gasteiger partial charge < -0.3 is 16.0 Å². The van der Waals surface area contributed by atoms with E-state index >= 15 is 0 Å². The van der Waals surface area contributed by atoms with Crippen molar-refractivity contribution in [1.82, 2.24) is 5.32 Å². The first kappa shape index (κ1) is 18.0. The molecule has 2 aromatic rings. The molecule has 4 N–H and O–H groups in total. The number of benzene rings is 2. The van der Waals surface area contributed by atoms with E-state index in [2.05, 4.69) is 10.6 Å². The number of nitrogens with one attached hydrogen (secondary N) is 2. The van der Waals surface area contributed by atoms with E-state index in [1.165, 1.54) is 0 Å². The molecule has 0 bridgehead atoms. The Morgan fingerprint density at radius 1 is 1.17 bits per heavy atom. The van der Waals surface area contributed by atoms with Crippen molar-refractivity contribution in [1.29, 1.82) is 0 Å². The number of nitrogens with two attached hydrogens (primary N) is 1. The number of carbonyl (C=O) groups is 2. The molecule has 24 heavy (non-hydrogen) atoms. The van der Waals surface area contributed by atoms with Crippen molar-refractivity contribution in [2.45, 2.75) is 13.0 Å². The van der Waals surface area contributed by atoms with Crippen LogP contribution < -0.4 is 16.0 Å². The van der Waals surface area contributed by atoms with Crippen LogP contribution in [0.2, 0.25) is 5.02 Å². The average molecular weight is 347 g/mol. The number of anilines is 1. The van der Waals surface area contributed by atoms with Crippen molar-refractivity contribution in [3.63, 3.8) is 0 Å². The topological polar surface area (TPSA) is 74.8 Å². The number of rotatable bonds is 6. The van der Waals surface area contributed by atoms with Crippen LogP contribution in [-0.4, -0.2) is 25.4 Å². The van der Waals surface area contributed by atoms with Gasteiger partial charge in [-0.3, -0.25) is 9.59 Å². The quantitative estimate of drug-likeness (QED) is 0.743. The maximum absolute atomic E-state index is 12.7. The van der Waals surface area contributed by atoms with Crippen LogP contribution in [0.1, 0.15) is 17.2 Å². The first-order valence-electron chi connectivity index (χ1n) is 7.67. The molecule has 0 aromatic heterocycles. The molecular weight excluding hydrogens is 326 g/mol. The standard InChI is InChI=1S/C18H20ClN3O2/c1-12-8-9-14(10-15(12)19)22-18(24)17(21-11-16(23)20-2)13-6-4-3-5-7-13/h3-10,17,21H,11H2,1-2H3,(H,20,23)(H,22,24)/p+1/t17-/m0/s1. The monoisotopic (exact) mass is 346 g/mol. The Balaban J connectivity index is 2.17. The predicted octanol–water partition coefficient (Wildman–Crippen LogP) is 1.64. The van der Waals surface area contributed by atoms with Crippen molar-refractivity contribution >= 4 is 29.1 Å². The van der Waals surface area contributed by atoms with Gasteiger partial charge in [0.2, 0.25) is 0 Å². The van der Waals surface area contributed by atoms with E-state index in [-0.39, 0.29) is 18.4 Å². The van der Waals surface area contributed by atoms with E-state index in [0.29, 0.717) is 10.7 Å². The molecular formula is C18H21ClN3O2+. The highest BCUT2D eigenvalue weighted by Crippen LogP contribution is 2.21. The zero-order chi connectivity index (χ0) is 17.5. The highest BCUT2D eigenvalue weighted by molar-refractivity contribution is 6.31. The lowest BCUT2D eigenvalue weighted by Gasteiger charge is -2.16. The second-order valence-electron chi connectivity index (χ2n) is 5.45. The summed E-state index contributed by atoms with van der Waals surface area (Å²) in [6.45, 7) is 2.07. The summed E-state index contributed by atoms with van der Waals surface area (Å²) in [4.78, 5) is 24.2. The zero-order valence-corrected chi connectivity index (χ0v) is 14.4. The molecule has 0 radical (unpaired) electrons. The summed E-state index contributed by atoms with van der Waals surface area (Å²) in [6, 6.07) is 14.2. The molecule has 0 saturated carbocycles. The van der Waals surface area contributed by atoms with Gasteiger partial charge in [-0.05, 0) is 24.6 Å². The van der Waals surface area contributed by atoms with Crippen LogP contribution in [0.3, 0.4) is 0 Å². The van der Waals surface area contributed by atoms with Crippen LogP contribution >= 0.6 is 11.6 Å². The van der Waals surface area contributed by atoms with Crippen molar-refractivity contribution in [2.24, 2.45) is 0 Å². The molecule has 2 amide bonds. The largest absolute Gasteiger partial charge is 0.354 e. The van der Waals surface area contributed by atoms with Gasteiger partial charge in [-0.15, -0.1) is 0 Å². The lowest BCUT2D eigenvalue weighted by Crippen LogP contribution is -2.89. The molecule has 0 fully saturated rings. The second-order valence-corrected chi connectivity index (χ2v) is 5.86. The average Bonchev–Trinajstić information content (AvgIpc) is 2.59. The third-order valence-corrected chi connectivity index (χ3v) is 4.11. The SMILES string of the molecule is CNC(=O)C[NH2+][C@H](C(=O)Nc1ccc(C)c(Cl)c1)c1ccccc1. The minimum Gasteiger partial charge on any atom is -0.354 e. The van der Waals surface area contributed by atoms with Gasteiger partial charge in [0.15, 0.2) is 12.6 Å². The molecule has 0 spiro atoms. The lowest BCUT2D eigenvalue weighted by molar-refractivity contribution is -0.672. The first-order valence-corrected chi connectivity index (χ1v) is 8.05. The first-order chi connectivity index (χ1) is 11.5. The minimum atomic E-state index is -0.524. The van der Waals surface area contributed by atoms with E-state index in [1.807, 2.05) is 43.3 Å². The van der Waals surface area contributed by atoms with Crippen LogP contribution in [-0.2, 0) is 9.59 Å². The number of aryl methyl sites for hydroxylation is 1. The molecule has 0 saturated heterocycles. The summed E-state index contributed by atoms with van der Waals surface area (Å²) in [5.41, 5.74) is 2.41. The summed E-state index contributed by atoms with van der Waals surface area (Å²) in [6.07, 6.45) is 0. The molecule has 126 valence electrons. The Labute approximate surface area is 146 Å².